The lowest BCUT2D eigenvalue weighted by Gasteiger charge is -2.23. The molecule has 0 unspecified atom stereocenters. The van der Waals surface area contributed by atoms with Crippen molar-refractivity contribution < 1.29 is 9.53 Å². The summed E-state index contributed by atoms with van der Waals surface area (Å²) in [6.45, 7) is 4.16. The van der Waals surface area contributed by atoms with E-state index in [-0.39, 0.29) is 11.8 Å². The maximum atomic E-state index is 12.2. The Kier molecular flexibility index (Phi) is 5.86. The maximum Gasteiger partial charge on any atom is 0.223 e. The highest BCUT2D eigenvalue weighted by Crippen LogP contribution is 2.19. The molecular formula is C18H27N3O2. The van der Waals surface area contributed by atoms with Crippen molar-refractivity contribution in [3.63, 3.8) is 0 Å². The van der Waals surface area contributed by atoms with E-state index in [0.717, 1.165) is 37.3 Å². The molecule has 2 fully saturated rings. The van der Waals surface area contributed by atoms with E-state index in [0.29, 0.717) is 19.8 Å². The molecule has 2 saturated heterocycles. The SMILES string of the molecule is O=C(NCc1ccnc(N2CCCCCC2)c1)C1CCOCC1. The van der Waals surface area contributed by atoms with Crippen LogP contribution >= 0.6 is 0 Å². The van der Waals surface area contributed by atoms with Gasteiger partial charge in [0.15, 0.2) is 0 Å². The number of ether oxygens (including phenoxy) is 1. The van der Waals surface area contributed by atoms with Crippen molar-refractivity contribution in [2.75, 3.05) is 31.2 Å². The largest absolute Gasteiger partial charge is 0.381 e. The van der Waals surface area contributed by atoms with Gasteiger partial charge >= 0.3 is 0 Å². The van der Waals surface area contributed by atoms with Gasteiger partial charge in [-0.1, -0.05) is 12.8 Å². The van der Waals surface area contributed by atoms with Gasteiger partial charge < -0.3 is 15.0 Å². The minimum atomic E-state index is 0.107. The quantitative estimate of drug-likeness (QED) is 0.927. The fourth-order valence-electron chi connectivity index (χ4n) is 3.34. The third kappa shape index (κ3) is 4.67. The Morgan fingerprint density at radius 3 is 2.70 bits per heavy atom. The van der Waals surface area contributed by atoms with E-state index in [2.05, 4.69) is 21.3 Å². The molecule has 23 heavy (non-hydrogen) atoms. The molecule has 0 aliphatic carbocycles. The highest BCUT2D eigenvalue weighted by atomic mass is 16.5. The molecule has 0 aromatic carbocycles. The second-order valence-electron chi connectivity index (χ2n) is 6.53. The molecule has 0 spiro atoms. The van der Waals surface area contributed by atoms with E-state index in [1.54, 1.807) is 0 Å². The lowest BCUT2D eigenvalue weighted by Crippen LogP contribution is -2.34. The van der Waals surface area contributed by atoms with Crippen LogP contribution in [0.5, 0.6) is 0 Å². The van der Waals surface area contributed by atoms with Crippen molar-refractivity contribution in [2.24, 2.45) is 5.92 Å². The molecule has 126 valence electrons. The Hall–Kier alpha value is -1.62. The summed E-state index contributed by atoms with van der Waals surface area (Å²) in [6, 6.07) is 4.11. The average Bonchev–Trinajstić information content (AvgIpc) is 2.90. The van der Waals surface area contributed by atoms with E-state index in [4.69, 9.17) is 4.74 Å². The molecule has 2 aliphatic rings. The van der Waals surface area contributed by atoms with Crippen LogP contribution in [-0.4, -0.2) is 37.2 Å². The standard InChI is InChI=1S/C18H27N3O2/c22-18(16-6-11-23-12-7-16)20-14-15-5-8-19-17(13-15)21-9-3-1-2-4-10-21/h5,8,13,16H,1-4,6-7,9-12,14H2,(H,20,22). The summed E-state index contributed by atoms with van der Waals surface area (Å²) in [5, 5.41) is 3.07. The lowest BCUT2D eigenvalue weighted by atomic mass is 9.99. The molecule has 0 atom stereocenters. The van der Waals surface area contributed by atoms with E-state index in [1.165, 1.54) is 25.7 Å². The molecule has 2 aliphatic heterocycles. The van der Waals surface area contributed by atoms with Gasteiger partial charge in [-0.25, -0.2) is 4.98 Å². The zero-order valence-electron chi connectivity index (χ0n) is 13.8. The van der Waals surface area contributed by atoms with E-state index >= 15 is 0 Å². The van der Waals surface area contributed by atoms with Gasteiger partial charge in [0.2, 0.25) is 5.91 Å². The predicted octanol–water partition coefficient (Wildman–Crippen LogP) is 2.50. The molecule has 5 heteroatoms. The summed E-state index contributed by atoms with van der Waals surface area (Å²) in [5.41, 5.74) is 1.12. The lowest BCUT2D eigenvalue weighted by molar-refractivity contribution is -0.128. The number of pyridine rings is 1. The highest BCUT2D eigenvalue weighted by molar-refractivity contribution is 5.78. The van der Waals surface area contributed by atoms with Crippen LogP contribution in [0.1, 0.15) is 44.1 Å². The van der Waals surface area contributed by atoms with Crippen LogP contribution in [0.4, 0.5) is 5.82 Å². The molecule has 3 rings (SSSR count). The molecular weight excluding hydrogens is 290 g/mol. The minimum Gasteiger partial charge on any atom is -0.381 e. The monoisotopic (exact) mass is 317 g/mol. The number of rotatable bonds is 4. The number of aromatic nitrogens is 1. The first-order valence-corrected chi connectivity index (χ1v) is 8.88. The second-order valence-corrected chi connectivity index (χ2v) is 6.53. The van der Waals surface area contributed by atoms with E-state index in [9.17, 15) is 4.79 Å². The number of carbonyl (C=O) groups excluding carboxylic acids is 1. The van der Waals surface area contributed by atoms with Gasteiger partial charge in [-0.3, -0.25) is 4.79 Å². The van der Waals surface area contributed by atoms with Crippen LogP contribution in [0.15, 0.2) is 18.3 Å². The Bertz CT molecular complexity index is 507. The fraction of sp³-hybridized carbons (Fsp3) is 0.667. The zero-order chi connectivity index (χ0) is 15.9. The van der Waals surface area contributed by atoms with Crippen molar-refractivity contribution in [2.45, 2.75) is 45.1 Å². The number of hydrogen-bond donors (Lipinski definition) is 1. The first-order chi connectivity index (χ1) is 11.3. The van der Waals surface area contributed by atoms with Crippen LogP contribution in [0.25, 0.3) is 0 Å². The number of anilines is 1. The van der Waals surface area contributed by atoms with Crippen LogP contribution in [0.2, 0.25) is 0 Å². The van der Waals surface area contributed by atoms with Gasteiger partial charge in [-0.05, 0) is 43.4 Å². The molecule has 0 saturated carbocycles. The van der Waals surface area contributed by atoms with Crippen LogP contribution < -0.4 is 10.2 Å². The Balaban J connectivity index is 1.55. The van der Waals surface area contributed by atoms with Crippen molar-refractivity contribution in [1.82, 2.24) is 10.3 Å². The molecule has 1 aromatic heterocycles. The van der Waals surface area contributed by atoms with Crippen molar-refractivity contribution >= 4 is 11.7 Å². The van der Waals surface area contributed by atoms with Gasteiger partial charge in [0.25, 0.3) is 0 Å². The predicted molar refractivity (Wildman–Crippen MR) is 90.3 cm³/mol. The van der Waals surface area contributed by atoms with Crippen molar-refractivity contribution in [3.05, 3.63) is 23.9 Å². The first-order valence-electron chi connectivity index (χ1n) is 8.88. The summed E-state index contributed by atoms with van der Waals surface area (Å²) < 4.78 is 5.31. The average molecular weight is 317 g/mol. The van der Waals surface area contributed by atoms with Crippen LogP contribution in [-0.2, 0) is 16.1 Å². The minimum absolute atomic E-state index is 0.107. The Labute approximate surface area is 138 Å². The molecule has 3 heterocycles. The maximum absolute atomic E-state index is 12.2. The fourth-order valence-corrected chi connectivity index (χ4v) is 3.34. The normalized spacial score (nSPS) is 20.1. The summed E-state index contributed by atoms with van der Waals surface area (Å²) in [6.07, 6.45) is 8.64. The van der Waals surface area contributed by atoms with Gasteiger partial charge in [0.1, 0.15) is 5.82 Å². The highest BCUT2D eigenvalue weighted by Gasteiger charge is 2.21. The third-order valence-electron chi connectivity index (χ3n) is 4.80. The van der Waals surface area contributed by atoms with Crippen LogP contribution in [0, 0.1) is 5.92 Å². The summed E-state index contributed by atoms with van der Waals surface area (Å²) >= 11 is 0. The Morgan fingerprint density at radius 2 is 1.96 bits per heavy atom. The van der Waals surface area contributed by atoms with Crippen LogP contribution in [0.3, 0.4) is 0 Å². The molecule has 0 radical (unpaired) electrons. The number of nitrogens with zero attached hydrogens (tertiary/aromatic N) is 2. The van der Waals surface area contributed by atoms with Crippen molar-refractivity contribution in [1.29, 1.82) is 0 Å². The van der Waals surface area contributed by atoms with Crippen molar-refractivity contribution in [3.8, 4) is 0 Å². The summed E-state index contributed by atoms with van der Waals surface area (Å²) in [7, 11) is 0. The van der Waals surface area contributed by atoms with Gasteiger partial charge in [-0.2, -0.15) is 0 Å². The van der Waals surface area contributed by atoms with E-state index in [1.807, 2.05) is 12.3 Å². The number of carbonyl (C=O) groups is 1. The van der Waals surface area contributed by atoms with Gasteiger partial charge in [0.05, 0.1) is 0 Å². The van der Waals surface area contributed by atoms with E-state index < -0.39 is 0 Å². The smallest absolute Gasteiger partial charge is 0.223 e. The number of nitrogens with one attached hydrogen (secondary N) is 1. The van der Waals surface area contributed by atoms with Gasteiger partial charge in [-0.15, -0.1) is 0 Å². The zero-order valence-corrected chi connectivity index (χ0v) is 13.8. The number of hydrogen-bond acceptors (Lipinski definition) is 4. The van der Waals surface area contributed by atoms with Gasteiger partial charge in [0, 0.05) is 45.0 Å². The molecule has 1 amide bonds. The molecule has 1 aromatic rings. The first kappa shape index (κ1) is 16.2. The Morgan fingerprint density at radius 1 is 1.22 bits per heavy atom. The topological polar surface area (TPSA) is 54.5 Å². The molecule has 0 bridgehead atoms. The molecule has 5 nitrogen and oxygen atoms in total. The molecule has 1 N–H and O–H groups in total. The third-order valence-corrected chi connectivity index (χ3v) is 4.80. The second kappa shape index (κ2) is 8.29. The number of amides is 1. The summed E-state index contributed by atoms with van der Waals surface area (Å²) in [4.78, 5) is 19.1. The summed E-state index contributed by atoms with van der Waals surface area (Å²) in [5.74, 6) is 1.31.